The zero-order valence-corrected chi connectivity index (χ0v) is 17.1. The molecule has 2 fully saturated rings. The first kappa shape index (κ1) is 19.9. The summed E-state index contributed by atoms with van der Waals surface area (Å²) in [4.78, 5) is 14.7. The van der Waals surface area contributed by atoms with Crippen LogP contribution in [0.1, 0.15) is 12.5 Å². The molecule has 0 aromatic heterocycles. The van der Waals surface area contributed by atoms with E-state index in [9.17, 15) is 13.2 Å². The third-order valence-electron chi connectivity index (χ3n) is 5.33. The SMILES string of the molecule is CCc1ccc(NC(=O)N2C[C@@H]3CN(S(=O)(=O)c4ccccc4)C[C@H](C2)O3)cc1. The molecule has 8 heteroatoms. The minimum absolute atomic E-state index is 0.188. The highest BCUT2D eigenvalue weighted by molar-refractivity contribution is 7.89. The van der Waals surface area contributed by atoms with Crippen LogP contribution in [0.2, 0.25) is 0 Å². The smallest absolute Gasteiger partial charge is 0.322 e. The van der Waals surface area contributed by atoms with Crippen LogP contribution in [0.3, 0.4) is 0 Å². The summed E-state index contributed by atoms with van der Waals surface area (Å²) >= 11 is 0. The largest absolute Gasteiger partial charge is 0.369 e. The van der Waals surface area contributed by atoms with Gasteiger partial charge in [0.15, 0.2) is 0 Å². The molecule has 2 atom stereocenters. The molecular formula is C21H25N3O4S. The van der Waals surface area contributed by atoms with E-state index in [-0.39, 0.29) is 36.2 Å². The molecule has 0 spiro atoms. The Morgan fingerprint density at radius 1 is 1.00 bits per heavy atom. The minimum Gasteiger partial charge on any atom is -0.369 e. The summed E-state index contributed by atoms with van der Waals surface area (Å²) in [5.74, 6) is 0. The molecule has 2 saturated heterocycles. The van der Waals surface area contributed by atoms with E-state index in [4.69, 9.17) is 4.74 Å². The van der Waals surface area contributed by atoms with Gasteiger partial charge in [-0.1, -0.05) is 37.3 Å². The van der Waals surface area contributed by atoms with Crippen molar-refractivity contribution in [3.8, 4) is 0 Å². The van der Waals surface area contributed by atoms with Gasteiger partial charge in [0.05, 0.1) is 30.2 Å². The van der Waals surface area contributed by atoms with E-state index in [0.29, 0.717) is 13.1 Å². The van der Waals surface area contributed by atoms with Crippen LogP contribution in [0.5, 0.6) is 0 Å². The number of aryl methyl sites for hydroxylation is 1. The van der Waals surface area contributed by atoms with Crippen molar-refractivity contribution in [3.05, 3.63) is 60.2 Å². The highest BCUT2D eigenvalue weighted by Gasteiger charge is 2.41. The number of amides is 2. The van der Waals surface area contributed by atoms with Crippen molar-refractivity contribution in [1.29, 1.82) is 0 Å². The van der Waals surface area contributed by atoms with E-state index in [0.717, 1.165) is 12.1 Å². The lowest BCUT2D eigenvalue weighted by atomic mass is 10.1. The van der Waals surface area contributed by atoms with Crippen LogP contribution in [0.15, 0.2) is 59.5 Å². The van der Waals surface area contributed by atoms with Crippen LogP contribution in [-0.2, 0) is 21.2 Å². The number of hydrogen-bond donors (Lipinski definition) is 1. The zero-order chi connectivity index (χ0) is 20.4. The number of fused-ring (bicyclic) bond motifs is 2. The second-order valence-corrected chi connectivity index (χ2v) is 9.34. The molecule has 2 heterocycles. The number of carbonyl (C=O) groups is 1. The Balaban J connectivity index is 1.41. The highest BCUT2D eigenvalue weighted by atomic mass is 32.2. The Morgan fingerprint density at radius 2 is 1.62 bits per heavy atom. The Kier molecular flexibility index (Phi) is 5.58. The van der Waals surface area contributed by atoms with Crippen LogP contribution >= 0.6 is 0 Å². The number of anilines is 1. The third kappa shape index (κ3) is 4.29. The van der Waals surface area contributed by atoms with Crippen molar-refractivity contribution < 1.29 is 17.9 Å². The first-order valence-corrected chi connectivity index (χ1v) is 11.2. The summed E-state index contributed by atoms with van der Waals surface area (Å²) < 4.78 is 33.2. The molecule has 4 rings (SSSR count). The number of morpholine rings is 2. The van der Waals surface area contributed by atoms with Crippen molar-refractivity contribution in [2.24, 2.45) is 0 Å². The van der Waals surface area contributed by atoms with E-state index in [1.54, 1.807) is 35.2 Å². The van der Waals surface area contributed by atoms with Gasteiger partial charge in [-0.15, -0.1) is 0 Å². The molecule has 2 aromatic carbocycles. The van der Waals surface area contributed by atoms with Crippen LogP contribution in [-0.4, -0.2) is 62.0 Å². The molecule has 2 amide bonds. The number of urea groups is 1. The Morgan fingerprint density at radius 3 is 2.21 bits per heavy atom. The van der Waals surface area contributed by atoms with Gasteiger partial charge < -0.3 is 15.0 Å². The average molecular weight is 416 g/mol. The molecular weight excluding hydrogens is 390 g/mol. The second-order valence-electron chi connectivity index (χ2n) is 7.40. The first-order chi connectivity index (χ1) is 14.0. The number of ether oxygens (including phenoxy) is 1. The lowest BCUT2D eigenvalue weighted by molar-refractivity contribution is -0.110. The molecule has 0 radical (unpaired) electrons. The van der Waals surface area contributed by atoms with E-state index in [1.165, 1.54) is 9.87 Å². The van der Waals surface area contributed by atoms with Crippen LogP contribution in [0.4, 0.5) is 10.5 Å². The van der Waals surface area contributed by atoms with Crippen molar-refractivity contribution in [1.82, 2.24) is 9.21 Å². The van der Waals surface area contributed by atoms with Gasteiger partial charge >= 0.3 is 6.03 Å². The third-order valence-corrected chi connectivity index (χ3v) is 7.17. The molecule has 154 valence electrons. The lowest BCUT2D eigenvalue weighted by Crippen LogP contribution is -2.61. The quantitative estimate of drug-likeness (QED) is 0.832. The van der Waals surface area contributed by atoms with Gasteiger partial charge in [0.2, 0.25) is 10.0 Å². The van der Waals surface area contributed by atoms with Crippen molar-refractivity contribution in [2.45, 2.75) is 30.4 Å². The van der Waals surface area contributed by atoms with Gasteiger partial charge in [0, 0.05) is 18.8 Å². The van der Waals surface area contributed by atoms with Crippen molar-refractivity contribution in [3.63, 3.8) is 0 Å². The zero-order valence-electron chi connectivity index (χ0n) is 16.3. The standard InChI is InChI=1S/C21H25N3O4S/c1-2-16-8-10-17(11-9-16)22-21(25)23-12-18-14-24(15-19(13-23)28-18)29(26,27)20-6-4-3-5-7-20/h3-11,18-19H,2,12-15H2,1H3,(H,22,25)/t18-,19+. The molecule has 1 N–H and O–H groups in total. The fourth-order valence-corrected chi connectivity index (χ4v) is 5.31. The molecule has 29 heavy (non-hydrogen) atoms. The monoisotopic (exact) mass is 415 g/mol. The molecule has 2 aliphatic rings. The Bertz CT molecular complexity index is 949. The number of sulfonamides is 1. The number of hydrogen-bond acceptors (Lipinski definition) is 4. The maximum Gasteiger partial charge on any atom is 0.322 e. The van der Waals surface area contributed by atoms with Gasteiger partial charge in [-0.05, 0) is 36.2 Å². The number of rotatable bonds is 4. The van der Waals surface area contributed by atoms with E-state index in [2.05, 4.69) is 12.2 Å². The topological polar surface area (TPSA) is 79.0 Å². The van der Waals surface area contributed by atoms with Gasteiger partial charge in [-0.3, -0.25) is 0 Å². The molecule has 2 aromatic rings. The fraction of sp³-hybridized carbons (Fsp3) is 0.381. The maximum atomic E-state index is 12.9. The van der Waals surface area contributed by atoms with Crippen LogP contribution < -0.4 is 5.32 Å². The predicted molar refractivity (Wildman–Crippen MR) is 110 cm³/mol. The van der Waals surface area contributed by atoms with E-state index < -0.39 is 10.0 Å². The van der Waals surface area contributed by atoms with E-state index >= 15 is 0 Å². The summed E-state index contributed by atoms with van der Waals surface area (Å²) in [6.07, 6.45) is 0.270. The van der Waals surface area contributed by atoms with E-state index in [1.807, 2.05) is 24.3 Å². The maximum absolute atomic E-state index is 12.9. The molecule has 2 bridgehead atoms. The summed E-state index contributed by atoms with van der Waals surface area (Å²) in [7, 11) is -3.56. The van der Waals surface area contributed by atoms with Gasteiger partial charge in [0.25, 0.3) is 0 Å². The summed E-state index contributed by atoms with van der Waals surface area (Å²) in [5, 5.41) is 2.92. The summed E-state index contributed by atoms with van der Waals surface area (Å²) in [5.41, 5.74) is 1.96. The Labute approximate surface area is 171 Å². The predicted octanol–water partition coefficient (Wildman–Crippen LogP) is 2.55. The fourth-order valence-electron chi connectivity index (χ4n) is 3.78. The number of carbonyl (C=O) groups excluding carboxylic acids is 1. The van der Waals surface area contributed by atoms with Gasteiger partial charge in [-0.2, -0.15) is 4.31 Å². The van der Waals surface area contributed by atoms with Crippen molar-refractivity contribution >= 4 is 21.7 Å². The first-order valence-electron chi connectivity index (χ1n) is 9.81. The number of nitrogens with zero attached hydrogens (tertiary/aromatic N) is 2. The van der Waals surface area contributed by atoms with Crippen LogP contribution in [0, 0.1) is 0 Å². The molecule has 7 nitrogen and oxygen atoms in total. The van der Waals surface area contributed by atoms with Gasteiger partial charge in [-0.25, -0.2) is 13.2 Å². The highest BCUT2D eigenvalue weighted by Crippen LogP contribution is 2.25. The molecule has 0 unspecified atom stereocenters. The Hall–Kier alpha value is -2.42. The summed E-state index contributed by atoms with van der Waals surface area (Å²) in [6, 6.07) is 16.0. The molecule has 2 aliphatic heterocycles. The molecule has 0 saturated carbocycles. The number of benzene rings is 2. The average Bonchev–Trinajstić information content (AvgIpc) is 2.74. The minimum atomic E-state index is -3.56. The normalized spacial score (nSPS) is 22.3. The van der Waals surface area contributed by atoms with Gasteiger partial charge in [0.1, 0.15) is 0 Å². The second kappa shape index (κ2) is 8.14. The van der Waals surface area contributed by atoms with Crippen molar-refractivity contribution in [2.75, 3.05) is 31.5 Å². The molecule has 0 aliphatic carbocycles. The number of nitrogens with one attached hydrogen (secondary N) is 1. The van der Waals surface area contributed by atoms with Crippen LogP contribution in [0.25, 0.3) is 0 Å². The summed E-state index contributed by atoms with van der Waals surface area (Å²) in [6.45, 7) is 3.28. The lowest BCUT2D eigenvalue weighted by Gasteiger charge is -2.45.